The van der Waals surface area contributed by atoms with Crippen LogP contribution in [0.1, 0.15) is 34.1 Å². The molecule has 2 aliphatic rings. The highest BCUT2D eigenvalue weighted by Gasteiger charge is 2.51. The van der Waals surface area contributed by atoms with Gasteiger partial charge in [-0.3, -0.25) is 9.59 Å². The van der Waals surface area contributed by atoms with E-state index >= 15 is 0 Å². The van der Waals surface area contributed by atoms with Crippen molar-refractivity contribution in [3.05, 3.63) is 41.4 Å². The standard InChI is InChI=1S/C22H26FNO7/c1-5-28-22(27)20-12(2)24(16-8-6-15(23)7-9-16)19-10-17(20)21(30-14(4)26)18(31-19)11-29-13(3)25/h6-9,17-19,21H,5,10-11H2,1-4H3/t17-,18+,19+,21-/m0/s1. The lowest BCUT2D eigenvalue weighted by atomic mass is 9.80. The molecular weight excluding hydrogens is 409 g/mol. The number of fused-ring (bicyclic) bond motifs is 2. The Morgan fingerprint density at radius 3 is 2.39 bits per heavy atom. The fraction of sp³-hybridized carbons (Fsp3) is 0.500. The maximum absolute atomic E-state index is 13.5. The van der Waals surface area contributed by atoms with Gasteiger partial charge in [0.1, 0.15) is 30.9 Å². The van der Waals surface area contributed by atoms with E-state index in [-0.39, 0.29) is 13.2 Å². The molecule has 2 aliphatic heterocycles. The zero-order valence-corrected chi connectivity index (χ0v) is 17.9. The van der Waals surface area contributed by atoms with Crippen molar-refractivity contribution < 1.29 is 37.7 Å². The van der Waals surface area contributed by atoms with Crippen molar-refractivity contribution in [3.63, 3.8) is 0 Å². The molecule has 0 spiro atoms. The first kappa shape index (κ1) is 22.7. The molecular formula is C22H26FNO7. The summed E-state index contributed by atoms with van der Waals surface area (Å²) in [6.07, 6.45) is -1.84. The van der Waals surface area contributed by atoms with Crippen LogP contribution in [0, 0.1) is 11.7 Å². The molecule has 2 bridgehead atoms. The van der Waals surface area contributed by atoms with E-state index in [1.165, 1.54) is 26.0 Å². The highest BCUT2D eigenvalue weighted by Crippen LogP contribution is 2.44. The summed E-state index contributed by atoms with van der Waals surface area (Å²) in [5.41, 5.74) is 1.54. The fourth-order valence-corrected chi connectivity index (χ4v) is 4.16. The molecule has 168 valence electrons. The van der Waals surface area contributed by atoms with Crippen LogP contribution in [0.15, 0.2) is 35.5 Å². The molecule has 0 N–H and O–H groups in total. The molecule has 1 aromatic carbocycles. The van der Waals surface area contributed by atoms with Gasteiger partial charge >= 0.3 is 17.9 Å². The number of rotatable bonds is 6. The number of ether oxygens (including phenoxy) is 4. The minimum atomic E-state index is -0.835. The minimum absolute atomic E-state index is 0.146. The molecule has 4 atom stereocenters. The largest absolute Gasteiger partial charge is 0.463 e. The van der Waals surface area contributed by atoms with Crippen molar-refractivity contribution >= 4 is 23.6 Å². The van der Waals surface area contributed by atoms with Gasteiger partial charge < -0.3 is 23.8 Å². The van der Waals surface area contributed by atoms with Gasteiger partial charge in [-0.25, -0.2) is 9.18 Å². The van der Waals surface area contributed by atoms with Crippen LogP contribution >= 0.6 is 0 Å². The van der Waals surface area contributed by atoms with Gasteiger partial charge in [-0.05, 0) is 38.1 Å². The van der Waals surface area contributed by atoms with Crippen LogP contribution in [-0.4, -0.2) is 49.6 Å². The number of halogens is 1. The second-order valence-corrected chi connectivity index (χ2v) is 7.41. The average molecular weight is 435 g/mol. The first-order chi connectivity index (χ1) is 14.7. The summed E-state index contributed by atoms with van der Waals surface area (Å²) >= 11 is 0. The lowest BCUT2D eigenvalue weighted by molar-refractivity contribution is -0.193. The quantitative estimate of drug-likeness (QED) is 0.498. The van der Waals surface area contributed by atoms with E-state index in [1.807, 2.05) is 0 Å². The van der Waals surface area contributed by atoms with Crippen LogP contribution in [0.4, 0.5) is 10.1 Å². The van der Waals surface area contributed by atoms with E-state index < -0.39 is 48.1 Å². The van der Waals surface area contributed by atoms with E-state index in [2.05, 4.69) is 0 Å². The van der Waals surface area contributed by atoms with Crippen molar-refractivity contribution in [3.8, 4) is 0 Å². The van der Waals surface area contributed by atoms with Gasteiger partial charge in [-0.2, -0.15) is 0 Å². The van der Waals surface area contributed by atoms with E-state index in [4.69, 9.17) is 18.9 Å². The Morgan fingerprint density at radius 2 is 1.81 bits per heavy atom. The third kappa shape index (κ3) is 4.87. The summed E-state index contributed by atoms with van der Waals surface area (Å²) in [6, 6.07) is 5.81. The van der Waals surface area contributed by atoms with Gasteiger partial charge in [0.25, 0.3) is 0 Å². The molecule has 0 saturated carbocycles. The molecule has 1 fully saturated rings. The third-order valence-corrected chi connectivity index (χ3v) is 5.31. The minimum Gasteiger partial charge on any atom is -0.463 e. The second kappa shape index (κ2) is 9.47. The van der Waals surface area contributed by atoms with Crippen LogP contribution in [0.3, 0.4) is 0 Å². The normalized spacial score (nSPS) is 25.1. The first-order valence-corrected chi connectivity index (χ1v) is 10.1. The van der Waals surface area contributed by atoms with E-state index in [0.717, 1.165) is 0 Å². The summed E-state index contributed by atoms with van der Waals surface area (Å²) in [4.78, 5) is 37.9. The number of anilines is 1. The maximum Gasteiger partial charge on any atom is 0.336 e. The SMILES string of the molecule is CCOC(=O)C1=C(C)N(c2ccc(F)cc2)[C@H]2C[C@@H]1[C@H](OC(C)=O)[C@@H](COC(C)=O)O2. The predicted octanol–water partition coefficient (Wildman–Crippen LogP) is 2.71. The lowest BCUT2D eigenvalue weighted by Gasteiger charge is -2.50. The molecule has 0 amide bonds. The molecule has 2 heterocycles. The van der Waals surface area contributed by atoms with Gasteiger partial charge in [-0.15, -0.1) is 0 Å². The molecule has 3 rings (SSSR count). The number of hydrogen-bond acceptors (Lipinski definition) is 8. The van der Waals surface area contributed by atoms with E-state index in [1.54, 1.807) is 30.9 Å². The van der Waals surface area contributed by atoms with Crippen molar-refractivity contribution in [2.45, 2.75) is 52.6 Å². The zero-order valence-electron chi connectivity index (χ0n) is 17.9. The Hall–Kier alpha value is -2.94. The summed E-state index contributed by atoms with van der Waals surface area (Å²) in [5.74, 6) is -2.48. The van der Waals surface area contributed by atoms with E-state index in [9.17, 15) is 18.8 Å². The number of benzene rings is 1. The maximum atomic E-state index is 13.5. The van der Waals surface area contributed by atoms with Crippen LogP contribution in [-0.2, 0) is 33.3 Å². The molecule has 31 heavy (non-hydrogen) atoms. The summed E-state index contributed by atoms with van der Waals surface area (Å²) in [7, 11) is 0. The Balaban J connectivity index is 2.08. The fourth-order valence-electron chi connectivity index (χ4n) is 4.16. The van der Waals surface area contributed by atoms with Crippen LogP contribution in [0.25, 0.3) is 0 Å². The number of esters is 3. The van der Waals surface area contributed by atoms with Crippen molar-refractivity contribution in [2.24, 2.45) is 5.92 Å². The van der Waals surface area contributed by atoms with Crippen molar-refractivity contribution in [2.75, 3.05) is 18.1 Å². The highest BCUT2D eigenvalue weighted by atomic mass is 19.1. The number of carbonyl (C=O) groups excluding carboxylic acids is 3. The summed E-state index contributed by atoms with van der Waals surface area (Å²) in [6.45, 7) is 6.01. The Morgan fingerprint density at radius 1 is 1.13 bits per heavy atom. The molecule has 8 nitrogen and oxygen atoms in total. The molecule has 1 aromatic rings. The van der Waals surface area contributed by atoms with Crippen LogP contribution in [0.2, 0.25) is 0 Å². The molecule has 0 radical (unpaired) electrons. The van der Waals surface area contributed by atoms with Crippen molar-refractivity contribution in [1.82, 2.24) is 0 Å². The molecule has 9 heteroatoms. The lowest BCUT2D eigenvalue weighted by Crippen LogP contribution is -2.58. The molecule has 1 saturated heterocycles. The van der Waals surface area contributed by atoms with Gasteiger partial charge in [-0.1, -0.05) is 0 Å². The first-order valence-electron chi connectivity index (χ1n) is 10.1. The zero-order chi connectivity index (χ0) is 22.7. The van der Waals surface area contributed by atoms with Gasteiger partial charge in [0.15, 0.2) is 0 Å². The summed E-state index contributed by atoms with van der Waals surface area (Å²) < 4.78 is 35.6. The summed E-state index contributed by atoms with van der Waals surface area (Å²) in [5, 5.41) is 0. The van der Waals surface area contributed by atoms with Crippen molar-refractivity contribution in [1.29, 1.82) is 0 Å². The van der Waals surface area contributed by atoms with Gasteiger partial charge in [0.05, 0.1) is 12.2 Å². The van der Waals surface area contributed by atoms with Gasteiger partial charge in [0, 0.05) is 37.6 Å². The highest BCUT2D eigenvalue weighted by molar-refractivity contribution is 5.91. The Bertz CT molecular complexity index is 882. The topological polar surface area (TPSA) is 91.4 Å². The number of allylic oxidation sites excluding steroid dienone is 1. The monoisotopic (exact) mass is 435 g/mol. The Labute approximate surface area is 179 Å². The third-order valence-electron chi connectivity index (χ3n) is 5.31. The molecule has 0 aliphatic carbocycles. The molecule has 0 aromatic heterocycles. The van der Waals surface area contributed by atoms with E-state index in [0.29, 0.717) is 23.4 Å². The average Bonchev–Trinajstić information content (AvgIpc) is 2.69. The number of carbonyl (C=O) groups is 3. The van der Waals surface area contributed by atoms with Gasteiger partial charge in [0.2, 0.25) is 0 Å². The number of nitrogens with zero attached hydrogens (tertiary/aromatic N) is 1. The Kier molecular flexibility index (Phi) is 6.94. The van der Waals surface area contributed by atoms with Crippen LogP contribution < -0.4 is 4.90 Å². The molecule has 0 unspecified atom stereocenters. The smallest absolute Gasteiger partial charge is 0.336 e. The number of hydrogen-bond donors (Lipinski definition) is 0. The predicted molar refractivity (Wildman–Crippen MR) is 107 cm³/mol. The van der Waals surface area contributed by atoms with Crippen LogP contribution in [0.5, 0.6) is 0 Å². The second-order valence-electron chi connectivity index (χ2n) is 7.41.